The van der Waals surface area contributed by atoms with E-state index >= 15 is 0 Å². The largest absolute Gasteiger partial charge is 0.465 e. The Balaban J connectivity index is 2.13. The lowest BCUT2D eigenvalue weighted by atomic mass is 10.1. The number of methoxy groups -OCH3 is 1. The van der Waals surface area contributed by atoms with Gasteiger partial charge in [-0.1, -0.05) is 23.4 Å². The van der Waals surface area contributed by atoms with E-state index in [4.69, 9.17) is 11.6 Å². The molecule has 7 heteroatoms. The second-order valence-electron chi connectivity index (χ2n) is 5.03. The summed E-state index contributed by atoms with van der Waals surface area (Å²) >= 11 is 7.42. The van der Waals surface area contributed by atoms with Crippen LogP contribution in [0.15, 0.2) is 18.2 Å². The van der Waals surface area contributed by atoms with Gasteiger partial charge < -0.3 is 9.64 Å². The molecular weight excluding hydrogens is 326 g/mol. The zero-order chi connectivity index (χ0) is 16.3. The third-order valence-electron chi connectivity index (χ3n) is 3.39. The molecule has 1 aromatic carbocycles. The van der Waals surface area contributed by atoms with Crippen molar-refractivity contribution in [1.82, 2.24) is 0 Å². The second-order valence-corrected chi connectivity index (χ2v) is 6.64. The number of halogens is 1. The number of carbonyl (C=O) groups is 3. The number of amides is 1. The molecule has 0 saturated carbocycles. The number of thioether (sulfide) groups is 1. The van der Waals surface area contributed by atoms with Crippen LogP contribution in [0.1, 0.15) is 23.7 Å². The molecule has 1 aliphatic heterocycles. The highest BCUT2D eigenvalue weighted by atomic mass is 35.5. The maximum atomic E-state index is 12.1. The molecule has 1 amide bonds. The van der Waals surface area contributed by atoms with Crippen molar-refractivity contribution in [3.05, 3.63) is 28.8 Å². The van der Waals surface area contributed by atoms with Crippen LogP contribution < -0.4 is 4.90 Å². The first kappa shape index (κ1) is 16.8. The average Bonchev–Trinajstić information content (AvgIpc) is 2.85. The van der Waals surface area contributed by atoms with Crippen LogP contribution in [0.25, 0.3) is 0 Å². The van der Waals surface area contributed by atoms with Gasteiger partial charge in [0.1, 0.15) is 0 Å². The van der Waals surface area contributed by atoms with Gasteiger partial charge >= 0.3 is 5.97 Å². The first-order valence-electron chi connectivity index (χ1n) is 6.74. The molecule has 1 unspecified atom stereocenters. The van der Waals surface area contributed by atoms with E-state index in [0.29, 0.717) is 35.0 Å². The molecule has 0 bridgehead atoms. The van der Waals surface area contributed by atoms with Gasteiger partial charge in [-0.3, -0.25) is 9.59 Å². The number of ether oxygens (including phenoxy) is 1. The molecule has 5 nitrogen and oxygen atoms in total. The topological polar surface area (TPSA) is 63.7 Å². The van der Waals surface area contributed by atoms with E-state index in [-0.39, 0.29) is 16.9 Å². The second kappa shape index (κ2) is 7.15. The summed E-state index contributed by atoms with van der Waals surface area (Å²) in [7, 11) is 1.30. The molecule has 0 spiro atoms. The predicted octanol–water partition coefficient (Wildman–Crippen LogP) is 2.76. The first-order chi connectivity index (χ1) is 10.4. The summed E-state index contributed by atoms with van der Waals surface area (Å²) in [5, 5.41) is 0.377. The van der Waals surface area contributed by atoms with Crippen molar-refractivity contribution in [3.63, 3.8) is 0 Å². The molecule has 0 aliphatic carbocycles. The van der Waals surface area contributed by atoms with Crippen molar-refractivity contribution in [3.8, 4) is 0 Å². The normalized spacial score (nSPS) is 17.7. The summed E-state index contributed by atoms with van der Waals surface area (Å²) in [5.41, 5.74) is 0.918. The summed E-state index contributed by atoms with van der Waals surface area (Å²) in [4.78, 5) is 36.2. The standard InChI is InChI=1S/C15H16ClNO4S/c1-9(18)22-8-10-5-14(19)17(7-10)13-4-3-11(6-12(13)16)15(20)21-2/h3-4,6,10H,5,7-8H2,1-2H3. The van der Waals surface area contributed by atoms with Gasteiger partial charge in [-0.05, 0) is 24.1 Å². The van der Waals surface area contributed by atoms with Gasteiger partial charge in [0.15, 0.2) is 5.12 Å². The van der Waals surface area contributed by atoms with Gasteiger partial charge in [-0.15, -0.1) is 0 Å². The van der Waals surface area contributed by atoms with Crippen molar-refractivity contribution in [1.29, 1.82) is 0 Å². The van der Waals surface area contributed by atoms with Crippen molar-refractivity contribution < 1.29 is 19.1 Å². The molecule has 22 heavy (non-hydrogen) atoms. The fourth-order valence-electron chi connectivity index (χ4n) is 2.33. The highest BCUT2D eigenvalue weighted by molar-refractivity contribution is 8.13. The molecule has 0 N–H and O–H groups in total. The number of hydrogen-bond donors (Lipinski definition) is 0. The Morgan fingerprint density at radius 1 is 1.45 bits per heavy atom. The van der Waals surface area contributed by atoms with E-state index in [1.54, 1.807) is 17.0 Å². The van der Waals surface area contributed by atoms with Crippen LogP contribution in [0.4, 0.5) is 5.69 Å². The Morgan fingerprint density at radius 3 is 2.77 bits per heavy atom. The Hall–Kier alpha value is -1.53. The Bertz CT molecular complexity index is 620. The van der Waals surface area contributed by atoms with Crippen molar-refractivity contribution >= 4 is 46.0 Å². The van der Waals surface area contributed by atoms with Gasteiger partial charge in [0.25, 0.3) is 0 Å². The quantitative estimate of drug-likeness (QED) is 0.788. The summed E-state index contributed by atoms with van der Waals surface area (Å²) in [6.45, 7) is 2.04. The van der Waals surface area contributed by atoms with Gasteiger partial charge in [0.2, 0.25) is 5.91 Å². The summed E-state index contributed by atoms with van der Waals surface area (Å²) in [5.74, 6) is 0.242. The first-order valence-corrected chi connectivity index (χ1v) is 8.10. The summed E-state index contributed by atoms with van der Waals surface area (Å²) in [6.07, 6.45) is 0.398. The van der Waals surface area contributed by atoms with Crippen LogP contribution in [-0.2, 0) is 14.3 Å². The molecule has 0 radical (unpaired) electrons. The Labute approximate surface area is 137 Å². The van der Waals surface area contributed by atoms with Gasteiger partial charge in [0, 0.05) is 25.6 Å². The number of hydrogen-bond acceptors (Lipinski definition) is 5. The van der Waals surface area contributed by atoms with E-state index in [2.05, 4.69) is 4.74 Å². The van der Waals surface area contributed by atoms with Gasteiger partial charge in [0.05, 0.1) is 23.4 Å². The van der Waals surface area contributed by atoms with Crippen LogP contribution in [0.5, 0.6) is 0 Å². The number of carbonyl (C=O) groups excluding carboxylic acids is 3. The number of nitrogens with zero attached hydrogens (tertiary/aromatic N) is 1. The summed E-state index contributed by atoms with van der Waals surface area (Å²) < 4.78 is 4.64. The van der Waals surface area contributed by atoms with E-state index < -0.39 is 5.97 Å². The predicted molar refractivity (Wildman–Crippen MR) is 86.4 cm³/mol. The SMILES string of the molecule is COC(=O)c1ccc(N2CC(CSC(C)=O)CC2=O)c(Cl)c1. The summed E-state index contributed by atoms with van der Waals surface area (Å²) in [6, 6.07) is 4.72. The molecule has 1 aromatic rings. The van der Waals surface area contributed by atoms with E-state index in [1.165, 1.54) is 31.9 Å². The highest BCUT2D eigenvalue weighted by Crippen LogP contribution is 2.33. The van der Waals surface area contributed by atoms with Crippen LogP contribution in [0.3, 0.4) is 0 Å². The number of rotatable bonds is 4. The van der Waals surface area contributed by atoms with Gasteiger partial charge in [-0.25, -0.2) is 4.79 Å². The third kappa shape index (κ3) is 3.81. The minimum Gasteiger partial charge on any atom is -0.465 e. The minimum absolute atomic E-state index is 0.0260. The van der Waals surface area contributed by atoms with Crippen molar-refractivity contribution in [2.75, 3.05) is 24.3 Å². The zero-order valence-corrected chi connectivity index (χ0v) is 13.9. The molecule has 0 aromatic heterocycles. The molecule has 1 aliphatic rings. The zero-order valence-electron chi connectivity index (χ0n) is 12.3. The number of esters is 1. The fourth-order valence-corrected chi connectivity index (χ4v) is 3.31. The van der Waals surface area contributed by atoms with Crippen LogP contribution in [-0.4, -0.2) is 36.4 Å². The Kier molecular flexibility index (Phi) is 5.47. The van der Waals surface area contributed by atoms with Crippen LogP contribution in [0, 0.1) is 5.92 Å². The average molecular weight is 342 g/mol. The van der Waals surface area contributed by atoms with Crippen molar-refractivity contribution in [2.45, 2.75) is 13.3 Å². The molecule has 118 valence electrons. The van der Waals surface area contributed by atoms with Crippen LogP contribution in [0.2, 0.25) is 5.02 Å². The van der Waals surface area contributed by atoms with Crippen LogP contribution >= 0.6 is 23.4 Å². The fraction of sp³-hybridized carbons (Fsp3) is 0.400. The molecule has 1 atom stereocenters. The maximum absolute atomic E-state index is 12.1. The number of anilines is 1. The van der Waals surface area contributed by atoms with Crippen molar-refractivity contribution in [2.24, 2.45) is 5.92 Å². The lowest BCUT2D eigenvalue weighted by molar-refractivity contribution is -0.117. The van der Waals surface area contributed by atoms with E-state index in [0.717, 1.165) is 0 Å². The minimum atomic E-state index is -0.475. The molecule has 1 saturated heterocycles. The van der Waals surface area contributed by atoms with Gasteiger partial charge in [-0.2, -0.15) is 0 Å². The smallest absolute Gasteiger partial charge is 0.337 e. The van der Waals surface area contributed by atoms with E-state index in [9.17, 15) is 14.4 Å². The molecule has 1 heterocycles. The monoisotopic (exact) mass is 341 g/mol. The lowest BCUT2D eigenvalue weighted by Crippen LogP contribution is -2.25. The lowest BCUT2D eigenvalue weighted by Gasteiger charge is -2.18. The number of benzene rings is 1. The molecule has 2 rings (SSSR count). The maximum Gasteiger partial charge on any atom is 0.337 e. The molecule has 1 fully saturated rings. The Morgan fingerprint density at radius 2 is 2.18 bits per heavy atom. The highest BCUT2D eigenvalue weighted by Gasteiger charge is 2.32. The molecular formula is C15H16ClNO4S. The third-order valence-corrected chi connectivity index (χ3v) is 4.73. The van der Waals surface area contributed by atoms with E-state index in [1.807, 2.05) is 0 Å².